The number of carbonyl (C=O) groups is 1. The summed E-state index contributed by atoms with van der Waals surface area (Å²) in [4.78, 5) is 32.8. The van der Waals surface area contributed by atoms with Crippen molar-refractivity contribution >= 4 is 41.6 Å². The Bertz CT molecular complexity index is 1270. The normalized spacial score (nSPS) is 14.3. The number of benzene rings is 1. The van der Waals surface area contributed by atoms with Crippen molar-refractivity contribution < 1.29 is 13.9 Å². The van der Waals surface area contributed by atoms with Crippen molar-refractivity contribution in [3.05, 3.63) is 94.4 Å². The van der Waals surface area contributed by atoms with E-state index in [0.717, 1.165) is 0 Å². The fraction of sp³-hybridized carbons (Fsp3) is 0.174. The molecule has 4 rings (SSSR count). The molecule has 188 valence electrons. The first-order chi connectivity index (χ1) is 16.8. The number of carbonyl (C=O) groups excluding carboxylic acids is 1. The number of amidine groups is 2. The third-order valence-corrected chi connectivity index (χ3v) is 4.97. The first-order valence-corrected chi connectivity index (χ1v) is 10.7. The molecule has 1 aliphatic rings. The van der Waals surface area contributed by atoms with Gasteiger partial charge in [-0.05, 0) is 26.0 Å². The zero-order valence-corrected chi connectivity index (χ0v) is 20.8. The maximum Gasteiger partial charge on any atom is 0.338 e. The molecule has 0 saturated carbocycles. The summed E-state index contributed by atoms with van der Waals surface area (Å²) in [6.45, 7) is 3.68. The van der Waals surface area contributed by atoms with Gasteiger partial charge in [0.05, 0.1) is 24.6 Å². The highest BCUT2D eigenvalue weighted by molar-refractivity contribution is 6.31. The number of ether oxygens (including phenoxy) is 1. The monoisotopic (exact) mass is 532 g/mol. The number of hydrogen-bond acceptors (Lipinski definition) is 9. The predicted molar refractivity (Wildman–Crippen MR) is 135 cm³/mol. The molecule has 13 heteroatoms. The van der Waals surface area contributed by atoms with E-state index in [0.29, 0.717) is 34.1 Å². The molecule has 1 aromatic carbocycles. The molecule has 36 heavy (non-hydrogen) atoms. The second-order valence-electron chi connectivity index (χ2n) is 7.03. The molecule has 3 aromatic rings. The van der Waals surface area contributed by atoms with Crippen molar-refractivity contribution in [3.8, 4) is 0 Å². The molecule has 3 heterocycles. The molecular formula is C23H23Cl2FN8O2. The van der Waals surface area contributed by atoms with Gasteiger partial charge in [-0.25, -0.2) is 19.2 Å². The van der Waals surface area contributed by atoms with E-state index in [2.05, 4.69) is 30.2 Å². The third-order valence-electron chi connectivity index (χ3n) is 4.64. The minimum Gasteiger partial charge on any atom is -0.463 e. The zero-order chi connectivity index (χ0) is 25.4. The maximum absolute atomic E-state index is 13.5. The first kappa shape index (κ1) is 28.3. The summed E-state index contributed by atoms with van der Waals surface area (Å²) in [5, 5.41) is 10.1. The van der Waals surface area contributed by atoms with Crippen LogP contribution in [0.25, 0.3) is 0 Å². The number of nitrogens with two attached hydrogens (primary N) is 1. The van der Waals surface area contributed by atoms with Gasteiger partial charge in [-0.15, -0.1) is 12.4 Å². The summed E-state index contributed by atoms with van der Waals surface area (Å²) in [5.41, 5.74) is 7.39. The summed E-state index contributed by atoms with van der Waals surface area (Å²) in [6, 6.07) is 3.23. The lowest BCUT2D eigenvalue weighted by molar-refractivity contribution is -0.138. The van der Waals surface area contributed by atoms with Crippen LogP contribution in [0.5, 0.6) is 0 Å². The Morgan fingerprint density at radius 2 is 1.89 bits per heavy atom. The van der Waals surface area contributed by atoms with Crippen molar-refractivity contribution in [2.45, 2.75) is 19.9 Å². The molecule has 0 saturated heterocycles. The van der Waals surface area contributed by atoms with Gasteiger partial charge in [0.25, 0.3) is 0 Å². The van der Waals surface area contributed by atoms with E-state index in [1.165, 1.54) is 36.8 Å². The summed E-state index contributed by atoms with van der Waals surface area (Å²) in [5.74, 6) is -0.592. The SMILES string of the molecule is CCOC(=O)C1=C(C)NC(c2cnccn2)=NC1c1ccc(F)cc1Cl.Cl.N=C(N)c1cnccn1. The number of nitrogens with one attached hydrogen (secondary N) is 2. The molecule has 1 aliphatic heterocycles. The predicted octanol–water partition coefficient (Wildman–Crippen LogP) is 3.38. The molecule has 0 spiro atoms. The Kier molecular flexibility index (Phi) is 10.4. The van der Waals surface area contributed by atoms with Gasteiger partial charge < -0.3 is 15.8 Å². The summed E-state index contributed by atoms with van der Waals surface area (Å²) in [6.07, 6.45) is 9.12. The third kappa shape index (κ3) is 7.03. The van der Waals surface area contributed by atoms with Crippen molar-refractivity contribution in [1.29, 1.82) is 5.41 Å². The highest BCUT2D eigenvalue weighted by atomic mass is 35.5. The van der Waals surface area contributed by atoms with E-state index in [1.807, 2.05) is 0 Å². The van der Waals surface area contributed by atoms with Gasteiger partial charge in [0.15, 0.2) is 5.84 Å². The number of rotatable bonds is 5. The van der Waals surface area contributed by atoms with Crippen LogP contribution in [0.2, 0.25) is 5.02 Å². The average Bonchev–Trinajstić information content (AvgIpc) is 2.85. The van der Waals surface area contributed by atoms with Crippen LogP contribution in [0.15, 0.2) is 71.6 Å². The van der Waals surface area contributed by atoms with E-state index < -0.39 is 17.8 Å². The number of aromatic nitrogens is 4. The lowest BCUT2D eigenvalue weighted by Gasteiger charge is -2.26. The van der Waals surface area contributed by atoms with E-state index in [-0.39, 0.29) is 29.9 Å². The number of nitrogen functional groups attached to an aromatic ring is 1. The van der Waals surface area contributed by atoms with E-state index in [4.69, 9.17) is 27.5 Å². The number of esters is 1. The van der Waals surface area contributed by atoms with Crippen LogP contribution in [-0.4, -0.2) is 44.2 Å². The molecule has 0 bridgehead atoms. The molecule has 0 fully saturated rings. The Labute approximate surface area is 217 Å². The fourth-order valence-corrected chi connectivity index (χ4v) is 3.36. The van der Waals surface area contributed by atoms with Crippen LogP contribution in [0, 0.1) is 11.2 Å². The van der Waals surface area contributed by atoms with Gasteiger partial charge in [0.1, 0.15) is 29.1 Å². The van der Waals surface area contributed by atoms with Crippen molar-refractivity contribution in [3.63, 3.8) is 0 Å². The minimum absolute atomic E-state index is 0. The smallest absolute Gasteiger partial charge is 0.338 e. The molecule has 10 nitrogen and oxygen atoms in total. The summed E-state index contributed by atoms with van der Waals surface area (Å²) >= 11 is 6.22. The number of halogens is 3. The number of nitrogens with zero attached hydrogens (tertiary/aromatic N) is 5. The molecule has 1 atom stereocenters. The van der Waals surface area contributed by atoms with Crippen LogP contribution in [0.3, 0.4) is 0 Å². The zero-order valence-electron chi connectivity index (χ0n) is 19.3. The standard InChI is InChI=1S/C18H16ClFN4O2.C5H6N4.ClH/c1-3-26-18(25)15-10(2)23-17(14-9-21-6-7-22-14)24-16(15)12-5-4-11(20)8-13(12)19;6-5(7)4-3-8-1-2-9-4;/h4-9,16H,3H2,1-2H3,(H,23,24);1-3H,(H3,6,7);1H. The molecular weight excluding hydrogens is 510 g/mol. The lowest BCUT2D eigenvalue weighted by Crippen LogP contribution is -2.33. The van der Waals surface area contributed by atoms with Gasteiger partial charge in [-0.2, -0.15) is 0 Å². The van der Waals surface area contributed by atoms with Crippen molar-refractivity contribution in [2.75, 3.05) is 6.61 Å². The Balaban J connectivity index is 0.000000386. The second kappa shape index (κ2) is 13.2. The van der Waals surface area contributed by atoms with Crippen LogP contribution in [-0.2, 0) is 9.53 Å². The lowest BCUT2D eigenvalue weighted by atomic mass is 9.95. The van der Waals surface area contributed by atoms with Gasteiger partial charge >= 0.3 is 5.97 Å². The maximum atomic E-state index is 13.5. The quantitative estimate of drug-likeness (QED) is 0.257. The van der Waals surface area contributed by atoms with Crippen LogP contribution in [0.1, 0.15) is 36.8 Å². The summed E-state index contributed by atoms with van der Waals surface area (Å²) in [7, 11) is 0. The molecule has 0 aliphatic carbocycles. The average molecular weight is 533 g/mol. The van der Waals surface area contributed by atoms with Crippen molar-refractivity contribution in [2.24, 2.45) is 10.7 Å². The Morgan fingerprint density at radius 1 is 1.19 bits per heavy atom. The van der Waals surface area contributed by atoms with Crippen LogP contribution >= 0.6 is 24.0 Å². The fourth-order valence-electron chi connectivity index (χ4n) is 3.09. The van der Waals surface area contributed by atoms with Gasteiger partial charge in [0.2, 0.25) is 0 Å². The number of allylic oxidation sites excluding steroid dienone is 1. The van der Waals surface area contributed by atoms with E-state index >= 15 is 0 Å². The van der Waals surface area contributed by atoms with Gasteiger partial charge in [0, 0.05) is 41.1 Å². The van der Waals surface area contributed by atoms with E-state index in [1.54, 1.807) is 32.4 Å². The van der Waals surface area contributed by atoms with Crippen LogP contribution in [0.4, 0.5) is 4.39 Å². The number of hydrogen-bond donors (Lipinski definition) is 3. The Hall–Kier alpha value is -3.96. The minimum atomic E-state index is -0.750. The van der Waals surface area contributed by atoms with Crippen molar-refractivity contribution in [1.82, 2.24) is 25.3 Å². The first-order valence-electron chi connectivity index (χ1n) is 10.4. The number of aliphatic imine (C=N–C) groups is 1. The highest BCUT2D eigenvalue weighted by Crippen LogP contribution is 2.36. The topological polar surface area (TPSA) is 152 Å². The highest BCUT2D eigenvalue weighted by Gasteiger charge is 2.32. The molecule has 1 unspecified atom stereocenters. The molecule has 4 N–H and O–H groups in total. The largest absolute Gasteiger partial charge is 0.463 e. The van der Waals surface area contributed by atoms with Crippen LogP contribution < -0.4 is 11.1 Å². The molecule has 0 amide bonds. The Morgan fingerprint density at radius 3 is 2.42 bits per heavy atom. The molecule has 2 aromatic heterocycles. The second-order valence-corrected chi connectivity index (χ2v) is 7.43. The van der Waals surface area contributed by atoms with Gasteiger partial charge in [-0.1, -0.05) is 17.7 Å². The van der Waals surface area contributed by atoms with Gasteiger partial charge in [-0.3, -0.25) is 20.4 Å². The van der Waals surface area contributed by atoms with E-state index in [9.17, 15) is 9.18 Å². The molecule has 0 radical (unpaired) electrons. The summed E-state index contributed by atoms with van der Waals surface area (Å²) < 4.78 is 18.6.